The molecular weight excluding hydrogens is 318 g/mol. The third-order valence-electron chi connectivity index (χ3n) is 4.11. The van der Waals surface area contributed by atoms with Gasteiger partial charge in [0.1, 0.15) is 6.04 Å². The van der Waals surface area contributed by atoms with Crippen molar-refractivity contribution in [1.82, 2.24) is 5.32 Å². The number of amides is 3. The molecule has 0 saturated carbocycles. The maximum absolute atomic E-state index is 12.3. The standard InChI is InChI=1S/C19H19N3O3/c1-2-12-7-3-5-9-14(12)20-17(23)11-16-19(25)21-15-10-6-4-8-13(15)18(24)22-16/h3-10,16H,2,11H2,1H3,(H,20,23)(H,21,25)(H,22,24). The Balaban J connectivity index is 1.71. The largest absolute Gasteiger partial charge is 0.340 e. The smallest absolute Gasteiger partial charge is 0.254 e. The molecule has 0 bridgehead atoms. The summed E-state index contributed by atoms with van der Waals surface area (Å²) >= 11 is 0. The minimum atomic E-state index is -0.923. The lowest BCUT2D eigenvalue weighted by molar-refractivity contribution is -0.122. The number of hydrogen-bond acceptors (Lipinski definition) is 3. The summed E-state index contributed by atoms with van der Waals surface area (Å²) in [6.45, 7) is 2.00. The molecule has 0 radical (unpaired) electrons. The van der Waals surface area contributed by atoms with E-state index in [0.29, 0.717) is 11.3 Å². The maximum Gasteiger partial charge on any atom is 0.254 e. The van der Waals surface area contributed by atoms with Crippen LogP contribution in [0.5, 0.6) is 0 Å². The van der Waals surface area contributed by atoms with Crippen molar-refractivity contribution in [3.8, 4) is 0 Å². The van der Waals surface area contributed by atoms with E-state index in [1.807, 2.05) is 31.2 Å². The molecule has 6 heteroatoms. The summed E-state index contributed by atoms with van der Waals surface area (Å²) in [5.74, 6) is -1.11. The van der Waals surface area contributed by atoms with Crippen LogP contribution < -0.4 is 16.0 Å². The second kappa shape index (κ2) is 7.17. The minimum Gasteiger partial charge on any atom is -0.340 e. The van der Waals surface area contributed by atoms with Crippen molar-refractivity contribution in [1.29, 1.82) is 0 Å². The van der Waals surface area contributed by atoms with Crippen molar-refractivity contribution >= 4 is 29.1 Å². The Bertz CT molecular complexity index is 832. The van der Waals surface area contributed by atoms with Gasteiger partial charge in [-0.05, 0) is 30.2 Å². The second-order valence-corrected chi connectivity index (χ2v) is 5.82. The highest BCUT2D eigenvalue weighted by Gasteiger charge is 2.29. The van der Waals surface area contributed by atoms with Crippen LogP contribution in [0.15, 0.2) is 48.5 Å². The van der Waals surface area contributed by atoms with E-state index in [0.717, 1.165) is 17.7 Å². The Kier molecular flexibility index (Phi) is 4.79. The monoisotopic (exact) mass is 337 g/mol. The van der Waals surface area contributed by atoms with Crippen molar-refractivity contribution in [2.45, 2.75) is 25.8 Å². The van der Waals surface area contributed by atoms with Crippen molar-refractivity contribution in [3.63, 3.8) is 0 Å². The molecule has 0 saturated heterocycles. The van der Waals surface area contributed by atoms with Crippen molar-refractivity contribution < 1.29 is 14.4 Å². The number of fused-ring (bicyclic) bond motifs is 1. The average molecular weight is 337 g/mol. The van der Waals surface area contributed by atoms with E-state index in [-0.39, 0.29) is 18.2 Å². The molecule has 1 aliphatic heterocycles. The molecule has 0 aliphatic carbocycles. The number of nitrogens with one attached hydrogen (secondary N) is 3. The predicted octanol–water partition coefficient (Wildman–Crippen LogP) is 2.33. The van der Waals surface area contributed by atoms with Gasteiger partial charge in [-0.2, -0.15) is 0 Å². The molecule has 1 unspecified atom stereocenters. The van der Waals surface area contributed by atoms with Gasteiger partial charge < -0.3 is 16.0 Å². The Morgan fingerprint density at radius 2 is 1.80 bits per heavy atom. The van der Waals surface area contributed by atoms with E-state index in [9.17, 15) is 14.4 Å². The van der Waals surface area contributed by atoms with E-state index in [1.54, 1.807) is 24.3 Å². The lowest BCUT2D eigenvalue weighted by Crippen LogP contribution is -2.43. The third-order valence-corrected chi connectivity index (χ3v) is 4.11. The molecule has 128 valence electrons. The number of aryl methyl sites for hydroxylation is 1. The molecule has 25 heavy (non-hydrogen) atoms. The number of hydrogen-bond donors (Lipinski definition) is 3. The molecule has 1 heterocycles. The molecule has 0 fully saturated rings. The minimum absolute atomic E-state index is 0.135. The highest BCUT2D eigenvalue weighted by atomic mass is 16.2. The van der Waals surface area contributed by atoms with Crippen molar-refractivity contribution in [3.05, 3.63) is 59.7 Å². The van der Waals surface area contributed by atoms with Crippen LogP contribution in [-0.4, -0.2) is 23.8 Å². The van der Waals surface area contributed by atoms with Gasteiger partial charge in [0.05, 0.1) is 17.7 Å². The van der Waals surface area contributed by atoms with Crippen LogP contribution >= 0.6 is 0 Å². The number of para-hydroxylation sites is 2. The summed E-state index contributed by atoms with van der Waals surface area (Å²) in [5, 5.41) is 8.13. The van der Waals surface area contributed by atoms with Gasteiger partial charge in [-0.1, -0.05) is 37.3 Å². The number of carbonyl (C=O) groups excluding carboxylic acids is 3. The van der Waals surface area contributed by atoms with Gasteiger partial charge in [0.15, 0.2) is 0 Å². The molecule has 3 amide bonds. The summed E-state index contributed by atoms with van der Waals surface area (Å²) in [7, 11) is 0. The number of carbonyl (C=O) groups is 3. The Hall–Kier alpha value is -3.15. The number of anilines is 2. The Morgan fingerprint density at radius 1 is 1.08 bits per heavy atom. The van der Waals surface area contributed by atoms with E-state index in [4.69, 9.17) is 0 Å². The first-order valence-corrected chi connectivity index (χ1v) is 8.17. The SMILES string of the molecule is CCc1ccccc1NC(=O)CC1NC(=O)c2ccccc2NC1=O. The van der Waals surface area contributed by atoms with E-state index in [2.05, 4.69) is 16.0 Å². The normalized spacial score (nSPS) is 16.3. The maximum atomic E-state index is 12.3. The quantitative estimate of drug-likeness (QED) is 0.800. The highest BCUT2D eigenvalue weighted by Crippen LogP contribution is 2.20. The summed E-state index contributed by atoms with van der Waals surface area (Å²) in [5.41, 5.74) is 2.57. The summed E-state index contributed by atoms with van der Waals surface area (Å²) in [6, 6.07) is 13.3. The average Bonchev–Trinajstić information content (AvgIpc) is 2.72. The van der Waals surface area contributed by atoms with Gasteiger partial charge in [0, 0.05) is 5.69 Å². The first-order valence-electron chi connectivity index (χ1n) is 8.17. The third kappa shape index (κ3) is 3.68. The number of benzene rings is 2. The van der Waals surface area contributed by atoms with Crippen molar-refractivity contribution in [2.24, 2.45) is 0 Å². The molecule has 1 aliphatic rings. The molecule has 2 aromatic carbocycles. The molecule has 6 nitrogen and oxygen atoms in total. The summed E-state index contributed by atoms with van der Waals surface area (Å²) in [6.07, 6.45) is 0.649. The lowest BCUT2D eigenvalue weighted by Gasteiger charge is -2.15. The van der Waals surface area contributed by atoms with Crippen LogP contribution in [0.3, 0.4) is 0 Å². The molecule has 0 aromatic heterocycles. The zero-order valence-corrected chi connectivity index (χ0v) is 13.8. The topological polar surface area (TPSA) is 87.3 Å². The summed E-state index contributed by atoms with van der Waals surface area (Å²) in [4.78, 5) is 36.9. The van der Waals surface area contributed by atoms with Gasteiger partial charge in [0.2, 0.25) is 11.8 Å². The molecule has 3 rings (SSSR count). The molecule has 0 spiro atoms. The van der Waals surface area contributed by atoms with E-state index in [1.165, 1.54) is 0 Å². The second-order valence-electron chi connectivity index (χ2n) is 5.82. The fourth-order valence-electron chi connectivity index (χ4n) is 2.79. The fourth-order valence-corrected chi connectivity index (χ4v) is 2.79. The predicted molar refractivity (Wildman–Crippen MR) is 95.4 cm³/mol. The number of rotatable bonds is 4. The lowest BCUT2D eigenvalue weighted by atomic mass is 10.1. The van der Waals surface area contributed by atoms with Gasteiger partial charge >= 0.3 is 0 Å². The summed E-state index contributed by atoms with van der Waals surface area (Å²) < 4.78 is 0. The molecule has 1 atom stereocenters. The zero-order chi connectivity index (χ0) is 17.8. The zero-order valence-electron chi connectivity index (χ0n) is 13.8. The first kappa shape index (κ1) is 16.7. The Labute approximate surface area is 145 Å². The van der Waals surface area contributed by atoms with Crippen molar-refractivity contribution in [2.75, 3.05) is 10.6 Å². The van der Waals surface area contributed by atoms with Crippen LogP contribution in [0.4, 0.5) is 11.4 Å². The van der Waals surface area contributed by atoms with E-state index < -0.39 is 11.9 Å². The Morgan fingerprint density at radius 3 is 2.60 bits per heavy atom. The highest BCUT2D eigenvalue weighted by molar-refractivity contribution is 6.11. The van der Waals surface area contributed by atoms with Gasteiger partial charge in [-0.15, -0.1) is 0 Å². The van der Waals surface area contributed by atoms with Crippen LogP contribution in [0.1, 0.15) is 29.3 Å². The van der Waals surface area contributed by atoms with Crippen LogP contribution in [0, 0.1) is 0 Å². The van der Waals surface area contributed by atoms with Gasteiger partial charge in [0.25, 0.3) is 5.91 Å². The van der Waals surface area contributed by atoms with Crippen LogP contribution in [0.2, 0.25) is 0 Å². The van der Waals surface area contributed by atoms with Gasteiger partial charge in [-0.25, -0.2) is 0 Å². The first-order chi connectivity index (χ1) is 12.1. The van der Waals surface area contributed by atoms with Crippen LogP contribution in [-0.2, 0) is 16.0 Å². The van der Waals surface area contributed by atoms with Crippen LogP contribution in [0.25, 0.3) is 0 Å². The fraction of sp³-hybridized carbons (Fsp3) is 0.211. The molecule has 3 N–H and O–H groups in total. The van der Waals surface area contributed by atoms with Gasteiger partial charge in [-0.3, -0.25) is 14.4 Å². The van der Waals surface area contributed by atoms with E-state index >= 15 is 0 Å². The molecular formula is C19H19N3O3. The molecule has 2 aromatic rings.